The third kappa shape index (κ3) is 4.69. The molecule has 1 N–H and O–H groups in total. The Bertz CT molecular complexity index is 543. The summed E-state index contributed by atoms with van der Waals surface area (Å²) in [4.78, 5) is 25.8. The third-order valence-electron chi connectivity index (χ3n) is 4.13. The van der Waals surface area contributed by atoms with E-state index in [1.165, 1.54) is 0 Å². The number of hydrogen-bond acceptors (Lipinski definition) is 3. The molecule has 0 spiro atoms. The van der Waals surface area contributed by atoms with Gasteiger partial charge in [0.2, 0.25) is 5.91 Å². The lowest BCUT2D eigenvalue weighted by Gasteiger charge is -2.33. The van der Waals surface area contributed by atoms with Crippen molar-refractivity contribution < 1.29 is 14.3 Å². The molecule has 1 fully saturated rings. The van der Waals surface area contributed by atoms with Gasteiger partial charge in [0.25, 0.3) is 5.91 Å². The molecule has 2 amide bonds. The molecule has 0 saturated carbocycles. The molecule has 0 aliphatic carbocycles. The Morgan fingerprint density at radius 2 is 2.00 bits per heavy atom. The predicted molar refractivity (Wildman–Crippen MR) is 90.6 cm³/mol. The Balaban J connectivity index is 1.94. The van der Waals surface area contributed by atoms with Crippen molar-refractivity contribution in [3.63, 3.8) is 0 Å². The first-order chi connectivity index (χ1) is 11.0. The maximum atomic E-state index is 12.0. The van der Waals surface area contributed by atoms with Crippen LogP contribution in [-0.2, 0) is 14.3 Å². The minimum absolute atomic E-state index is 0.0220. The van der Waals surface area contributed by atoms with Gasteiger partial charge in [-0.2, -0.15) is 0 Å². The smallest absolute Gasteiger partial charge is 0.253 e. The van der Waals surface area contributed by atoms with Crippen molar-refractivity contribution in [2.75, 3.05) is 24.6 Å². The molecule has 1 atom stereocenters. The van der Waals surface area contributed by atoms with Crippen LogP contribution >= 0.6 is 11.6 Å². The van der Waals surface area contributed by atoms with Gasteiger partial charge < -0.3 is 15.0 Å². The number of morpholine rings is 1. The highest BCUT2D eigenvalue weighted by Crippen LogP contribution is 2.21. The van der Waals surface area contributed by atoms with E-state index in [1.54, 1.807) is 17.0 Å². The fourth-order valence-electron chi connectivity index (χ4n) is 2.64. The summed E-state index contributed by atoms with van der Waals surface area (Å²) in [7, 11) is 0. The molecule has 6 heteroatoms. The van der Waals surface area contributed by atoms with E-state index < -0.39 is 0 Å². The summed E-state index contributed by atoms with van der Waals surface area (Å²) >= 11 is 5.88. The fraction of sp³-hybridized carbons (Fsp3) is 0.529. The van der Waals surface area contributed by atoms with Crippen LogP contribution < -0.4 is 10.2 Å². The van der Waals surface area contributed by atoms with E-state index in [2.05, 4.69) is 5.32 Å². The first-order valence-corrected chi connectivity index (χ1v) is 8.38. The zero-order chi connectivity index (χ0) is 16.8. The number of hydrogen-bond donors (Lipinski definition) is 1. The highest BCUT2D eigenvalue weighted by molar-refractivity contribution is 6.30. The first kappa shape index (κ1) is 17.8. The number of benzene rings is 1. The second kappa shape index (κ2) is 8.31. The minimum Gasteiger partial charge on any atom is -0.365 e. The van der Waals surface area contributed by atoms with E-state index >= 15 is 0 Å². The summed E-state index contributed by atoms with van der Waals surface area (Å²) in [6.45, 7) is 4.86. The Hall–Kier alpha value is -1.59. The molecule has 0 bridgehead atoms. The lowest BCUT2D eigenvalue weighted by Crippen LogP contribution is -2.51. The predicted octanol–water partition coefficient (Wildman–Crippen LogP) is 2.62. The van der Waals surface area contributed by atoms with Crippen molar-refractivity contribution in [1.82, 2.24) is 5.32 Å². The average molecular weight is 339 g/mol. The van der Waals surface area contributed by atoms with Crippen LogP contribution in [0, 0.1) is 5.92 Å². The number of amides is 2. The van der Waals surface area contributed by atoms with E-state index in [0.717, 1.165) is 18.5 Å². The van der Waals surface area contributed by atoms with Gasteiger partial charge in [-0.1, -0.05) is 25.4 Å². The second-order valence-corrected chi connectivity index (χ2v) is 6.11. The van der Waals surface area contributed by atoms with Gasteiger partial charge in [0.15, 0.2) is 0 Å². The van der Waals surface area contributed by atoms with Crippen molar-refractivity contribution in [3.8, 4) is 0 Å². The van der Waals surface area contributed by atoms with E-state index in [9.17, 15) is 9.59 Å². The third-order valence-corrected chi connectivity index (χ3v) is 4.38. The van der Waals surface area contributed by atoms with E-state index in [-0.39, 0.29) is 30.4 Å². The monoisotopic (exact) mass is 338 g/mol. The summed E-state index contributed by atoms with van der Waals surface area (Å²) in [5, 5.41) is 3.56. The number of carbonyl (C=O) groups excluding carboxylic acids is 2. The fourth-order valence-corrected chi connectivity index (χ4v) is 2.76. The van der Waals surface area contributed by atoms with E-state index in [1.807, 2.05) is 26.0 Å². The van der Waals surface area contributed by atoms with Crippen molar-refractivity contribution >= 4 is 29.1 Å². The van der Waals surface area contributed by atoms with Crippen molar-refractivity contribution in [2.24, 2.45) is 5.92 Å². The van der Waals surface area contributed by atoms with Crippen molar-refractivity contribution in [3.05, 3.63) is 29.3 Å². The zero-order valence-electron chi connectivity index (χ0n) is 13.5. The highest BCUT2D eigenvalue weighted by Gasteiger charge is 2.28. The van der Waals surface area contributed by atoms with Gasteiger partial charge in [0.1, 0.15) is 6.61 Å². The van der Waals surface area contributed by atoms with Crippen molar-refractivity contribution in [1.29, 1.82) is 0 Å². The van der Waals surface area contributed by atoms with Crippen LogP contribution in [0.25, 0.3) is 0 Å². The first-order valence-electron chi connectivity index (χ1n) is 8.00. The van der Waals surface area contributed by atoms with Crippen molar-refractivity contribution in [2.45, 2.75) is 32.8 Å². The van der Waals surface area contributed by atoms with Crippen LogP contribution in [0.4, 0.5) is 5.69 Å². The van der Waals surface area contributed by atoms with E-state index in [0.29, 0.717) is 18.1 Å². The molecule has 0 radical (unpaired) electrons. The van der Waals surface area contributed by atoms with Gasteiger partial charge in [-0.05, 0) is 37.1 Å². The molecule has 1 unspecified atom stereocenters. The summed E-state index contributed by atoms with van der Waals surface area (Å²) in [5.41, 5.74) is 0.791. The number of halogens is 1. The quantitative estimate of drug-likeness (QED) is 0.867. The van der Waals surface area contributed by atoms with Gasteiger partial charge in [0.05, 0.1) is 12.6 Å². The SMILES string of the molecule is CCC(CC)C(=O)NCC1CN(c2ccc(Cl)cc2)C(=O)CO1. The van der Waals surface area contributed by atoms with Crippen LogP contribution in [-0.4, -0.2) is 37.6 Å². The Labute approximate surface area is 141 Å². The average Bonchev–Trinajstić information content (AvgIpc) is 2.56. The number of anilines is 1. The molecule has 1 aromatic rings. The number of rotatable bonds is 6. The molecule has 0 aromatic heterocycles. The molecule has 1 aliphatic rings. The maximum absolute atomic E-state index is 12.0. The summed E-state index contributed by atoms with van der Waals surface area (Å²) in [5.74, 6) is -0.00368. The van der Waals surface area contributed by atoms with Gasteiger partial charge >= 0.3 is 0 Å². The molecule has 1 heterocycles. The van der Waals surface area contributed by atoms with Gasteiger partial charge in [-0.3, -0.25) is 9.59 Å². The molecule has 1 aromatic carbocycles. The Morgan fingerprint density at radius 1 is 1.35 bits per heavy atom. The van der Waals surface area contributed by atoms with Crippen LogP contribution in [0.2, 0.25) is 5.02 Å². The number of nitrogens with one attached hydrogen (secondary N) is 1. The summed E-state index contributed by atoms with van der Waals surface area (Å²) < 4.78 is 5.53. The molecule has 126 valence electrons. The van der Waals surface area contributed by atoms with Crippen LogP contribution in [0.3, 0.4) is 0 Å². The van der Waals surface area contributed by atoms with Crippen LogP contribution in [0.5, 0.6) is 0 Å². The zero-order valence-corrected chi connectivity index (χ0v) is 14.3. The van der Waals surface area contributed by atoms with Gasteiger partial charge in [-0.25, -0.2) is 0 Å². The number of nitrogens with zero attached hydrogens (tertiary/aromatic N) is 1. The molecule has 23 heavy (non-hydrogen) atoms. The Morgan fingerprint density at radius 3 is 2.61 bits per heavy atom. The molecule has 1 aliphatic heterocycles. The molecule has 2 rings (SSSR count). The highest BCUT2D eigenvalue weighted by atomic mass is 35.5. The Kier molecular flexibility index (Phi) is 6.42. The number of ether oxygens (including phenoxy) is 1. The standard InChI is InChI=1S/C17H23ClN2O3/c1-3-12(4-2)17(22)19-9-15-10-20(16(21)11-23-15)14-7-5-13(18)6-8-14/h5-8,12,15H,3-4,9-11H2,1-2H3,(H,19,22). The lowest BCUT2D eigenvalue weighted by atomic mass is 10.0. The van der Waals surface area contributed by atoms with Crippen LogP contribution in [0.1, 0.15) is 26.7 Å². The molecular weight excluding hydrogens is 316 g/mol. The van der Waals surface area contributed by atoms with Crippen LogP contribution in [0.15, 0.2) is 24.3 Å². The topological polar surface area (TPSA) is 58.6 Å². The summed E-state index contributed by atoms with van der Waals surface area (Å²) in [6.07, 6.45) is 1.44. The molecule has 5 nitrogen and oxygen atoms in total. The van der Waals surface area contributed by atoms with Gasteiger partial charge in [0, 0.05) is 23.2 Å². The summed E-state index contributed by atoms with van der Waals surface area (Å²) in [6, 6.07) is 7.13. The molecular formula is C17H23ClN2O3. The normalized spacial score (nSPS) is 18.3. The molecule has 1 saturated heterocycles. The van der Waals surface area contributed by atoms with Gasteiger partial charge in [-0.15, -0.1) is 0 Å². The van der Waals surface area contributed by atoms with E-state index in [4.69, 9.17) is 16.3 Å². The minimum atomic E-state index is -0.207. The lowest BCUT2D eigenvalue weighted by molar-refractivity contribution is -0.130. The largest absolute Gasteiger partial charge is 0.365 e. The number of carbonyl (C=O) groups is 2. The maximum Gasteiger partial charge on any atom is 0.253 e. The second-order valence-electron chi connectivity index (χ2n) is 5.67.